The van der Waals surface area contributed by atoms with Crippen LogP contribution < -0.4 is 10.1 Å². The molecule has 0 atom stereocenters. The first-order chi connectivity index (χ1) is 12.1. The molecule has 1 N–H and O–H groups in total. The molecule has 1 aromatic heterocycles. The Bertz CT molecular complexity index is 879. The fourth-order valence-corrected chi connectivity index (χ4v) is 3.38. The quantitative estimate of drug-likeness (QED) is 0.681. The van der Waals surface area contributed by atoms with Crippen LogP contribution in [0.25, 0.3) is 0 Å². The molecule has 1 amide bonds. The molecule has 128 valence electrons. The summed E-state index contributed by atoms with van der Waals surface area (Å²) in [7, 11) is 0. The Kier molecular flexibility index (Phi) is 5.68. The van der Waals surface area contributed by atoms with Crippen molar-refractivity contribution in [2.24, 2.45) is 0 Å². The number of nitrogens with one attached hydrogen (secondary N) is 1. The molecule has 0 unspecified atom stereocenters. The van der Waals surface area contributed by atoms with Crippen LogP contribution in [-0.4, -0.2) is 17.5 Å². The van der Waals surface area contributed by atoms with Gasteiger partial charge in [-0.05, 0) is 42.3 Å². The van der Waals surface area contributed by atoms with E-state index in [0.717, 1.165) is 22.4 Å². The molecule has 0 bridgehead atoms. The predicted molar refractivity (Wildman–Crippen MR) is 102 cm³/mol. The fourth-order valence-electron chi connectivity index (χ4n) is 2.30. The molecule has 0 aliphatic rings. The zero-order valence-corrected chi connectivity index (χ0v) is 15.2. The molecular weight excluding hydrogens is 356 g/mol. The lowest BCUT2D eigenvalue weighted by Gasteiger charge is -2.06. The number of benzene rings is 2. The van der Waals surface area contributed by atoms with Crippen molar-refractivity contribution in [3.63, 3.8) is 0 Å². The Morgan fingerprint density at radius 2 is 2.08 bits per heavy atom. The molecule has 25 heavy (non-hydrogen) atoms. The number of aryl methyl sites for hydroxylation is 1. The first-order valence-electron chi connectivity index (χ1n) is 7.77. The lowest BCUT2D eigenvalue weighted by Crippen LogP contribution is -2.19. The van der Waals surface area contributed by atoms with E-state index >= 15 is 0 Å². The SMILES string of the molecule is Cc1cccc(OCC(=O)Nc2ncc(Cc3cccc(Cl)c3)s2)c1. The third-order valence-electron chi connectivity index (χ3n) is 3.43. The van der Waals surface area contributed by atoms with Gasteiger partial charge in [0.25, 0.3) is 5.91 Å². The van der Waals surface area contributed by atoms with E-state index in [-0.39, 0.29) is 12.5 Å². The molecule has 0 saturated heterocycles. The van der Waals surface area contributed by atoms with Gasteiger partial charge in [0.1, 0.15) is 5.75 Å². The second-order valence-electron chi connectivity index (χ2n) is 5.59. The number of rotatable bonds is 6. The highest BCUT2D eigenvalue weighted by atomic mass is 35.5. The summed E-state index contributed by atoms with van der Waals surface area (Å²) in [5.74, 6) is 0.445. The fraction of sp³-hybridized carbons (Fsp3) is 0.158. The number of hydrogen-bond donors (Lipinski definition) is 1. The van der Waals surface area contributed by atoms with Crippen molar-refractivity contribution in [3.05, 3.63) is 75.8 Å². The summed E-state index contributed by atoms with van der Waals surface area (Å²) >= 11 is 7.44. The minimum absolute atomic E-state index is 0.0489. The van der Waals surface area contributed by atoms with Crippen LogP contribution in [0.4, 0.5) is 5.13 Å². The lowest BCUT2D eigenvalue weighted by molar-refractivity contribution is -0.118. The molecule has 0 fully saturated rings. The zero-order valence-electron chi connectivity index (χ0n) is 13.7. The maximum absolute atomic E-state index is 12.0. The summed E-state index contributed by atoms with van der Waals surface area (Å²) in [5.41, 5.74) is 2.19. The molecule has 0 radical (unpaired) electrons. The first kappa shape index (κ1) is 17.5. The number of hydrogen-bond acceptors (Lipinski definition) is 4. The third kappa shape index (κ3) is 5.31. The van der Waals surface area contributed by atoms with Crippen LogP contribution in [0.5, 0.6) is 5.75 Å². The average Bonchev–Trinajstić information content (AvgIpc) is 3.00. The Morgan fingerprint density at radius 1 is 1.24 bits per heavy atom. The van der Waals surface area contributed by atoms with Gasteiger partial charge in [-0.25, -0.2) is 4.98 Å². The van der Waals surface area contributed by atoms with Gasteiger partial charge in [0.05, 0.1) is 0 Å². The highest BCUT2D eigenvalue weighted by molar-refractivity contribution is 7.15. The number of nitrogens with zero attached hydrogens (tertiary/aromatic N) is 1. The van der Waals surface area contributed by atoms with Gasteiger partial charge < -0.3 is 4.74 Å². The van der Waals surface area contributed by atoms with Crippen LogP contribution in [0.15, 0.2) is 54.7 Å². The van der Waals surface area contributed by atoms with Gasteiger partial charge in [0.2, 0.25) is 0 Å². The Hall–Kier alpha value is -2.37. The normalized spacial score (nSPS) is 10.5. The topological polar surface area (TPSA) is 51.2 Å². The third-order valence-corrected chi connectivity index (χ3v) is 4.57. The molecule has 0 aliphatic heterocycles. The van der Waals surface area contributed by atoms with Gasteiger partial charge in [0, 0.05) is 22.5 Å². The van der Waals surface area contributed by atoms with Crippen LogP contribution in [-0.2, 0) is 11.2 Å². The summed E-state index contributed by atoms with van der Waals surface area (Å²) in [6.07, 6.45) is 2.50. The number of carbonyl (C=O) groups excluding carboxylic acids is 1. The average molecular weight is 373 g/mol. The van der Waals surface area contributed by atoms with Gasteiger partial charge in [-0.2, -0.15) is 0 Å². The second kappa shape index (κ2) is 8.14. The molecule has 1 heterocycles. The van der Waals surface area contributed by atoms with Gasteiger partial charge in [-0.3, -0.25) is 10.1 Å². The van der Waals surface area contributed by atoms with E-state index in [0.29, 0.717) is 15.9 Å². The van der Waals surface area contributed by atoms with Crippen molar-refractivity contribution >= 4 is 34.0 Å². The number of amides is 1. The monoisotopic (exact) mass is 372 g/mol. The van der Waals surface area contributed by atoms with E-state index in [4.69, 9.17) is 16.3 Å². The number of thiazole rings is 1. The number of carbonyl (C=O) groups is 1. The number of anilines is 1. The zero-order chi connectivity index (χ0) is 17.6. The van der Waals surface area contributed by atoms with E-state index in [1.54, 1.807) is 6.20 Å². The van der Waals surface area contributed by atoms with Crippen LogP contribution in [0.2, 0.25) is 5.02 Å². The van der Waals surface area contributed by atoms with Crippen molar-refractivity contribution in [1.82, 2.24) is 4.98 Å². The molecule has 0 spiro atoms. The first-order valence-corrected chi connectivity index (χ1v) is 8.96. The van der Waals surface area contributed by atoms with Crippen molar-refractivity contribution in [2.45, 2.75) is 13.3 Å². The Labute approximate surface area is 155 Å². The van der Waals surface area contributed by atoms with Crippen molar-refractivity contribution in [1.29, 1.82) is 0 Å². The van der Waals surface area contributed by atoms with Crippen LogP contribution >= 0.6 is 22.9 Å². The summed E-state index contributed by atoms with van der Waals surface area (Å²) in [6.45, 7) is 1.93. The molecule has 6 heteroatoms. The summed E-state index contributed by atoms with van der Waals surface area (Å²) in [4.78, 5) is 17.3. The highest BCUT2D eigenvalue weighted by Gasteiger charge is 2.08. The van der Waals surface area contributed by atoms with Gasteiger partial charge in [-0.1, -0.05) is 35.9 Å². The molecule has 4 nitrogen and oxygen atoms in total. The smallest absolute Gasteiger partial charge is 0.264 e. The molecule has 0 aliphatic carbocycles. The van der Waals surface area contributed by atoms with Crippen LogP contribution in [0.1, 0.15) is 16.0 Å². The predicted octanol–water partition coefficient (Wildman–Crippen LogP) is 4.71. The molecule has 3 aromatic rings. The van der Waals surface area contributed by atoms with Gasteiger partial charge >= 0.3 is 0 Å². The van der Waals surface area contributed by atoms with Crippen LogP contribution in [0, 0.1) is 6.92 Å². The summed E-state index contributed by atoms with van der Waals surface area (Å²) in [6, 6.07) is 15.3. The standard InChI is InChI=1S/C19H17ClN2O2S/c1-13-4-2-7-16(8-13)24-12-18(23)22-19-21-11-17(25-19)10-14-5-3-6-15(20)9-14/h2-9,11H,10,12H2,1H3,(H,21,22,23). The summed E-state index contributed by atoms with van der Waals surface area (Å²) < 4.78 is 5.49. The second-order valence-corrected chi connectivity index (χ2v) is 7.14. The largest absolute Gasteiger partial charge is 0.484 e. The Morgan fingerprint density at radius 3 is 2.88 bits per heavy atom. The number of halogens is 1. The molecule has 3 rings (SSSR count). The van der Waals surface area contributed by atoms with Gasteiger partial charge in [-0.15, -0.1) is 11.3 Å². The minimum atomic E-state index is -0.231. The number of aromatic nitrogens is 1. The lowest BCUT2D eigenvalue weighted by atomic mass is 10.1. The molecule has 2 aromatic carbocycles. The van der Waals surface area contributed by atoms with Crippen LogP contribution in [0.3, 0.4) is 0 Å². The van der Waals surface area contributed by atoms with Gasteiger partial charge in [0.15, 0.2) is 11.7 Å². The summed E-state index contributed by atoms with van der Waals surface area (Å²) in [5, 5.41) is 4.04. The van der Waals surface area contributed by atoms with E-state index in [9.17, 15) is 4.79 Å². The van der Waals surface area contributed by atoms with E-state index in [1.165, 1.54) is 11.3 Å². The van der Waals surface area contributed by atoms with Crippen molar-refractivity contribution in [3.8, 4) is 5.75 Å². The molecule has 0 saturated carbocycles. The minimum Gasteiger partial charge on any atom is -0.484 e. The van der Waals surface area contributed by atoms with Crippen molar-refractivity contribution < 1.29 is 9.53 Å². The maximum Gasteiger partial charge on any atom is 0.264 e. The maximum atomic E-state index is 12.0. The van der Waals surface area contributed by atoms with Crippen molar-refractivity contribution in [2.75, 3.05) is 11.9 Å². The van der Waals surface area contributed by atoms with E-state index in [2.05, 4.69) is 10.3 Å². The van der Waals surface area contributed by atoms with E-state index < -0.39 is 0 Å². The Balaban J connectivity index is 1.53. The highest BCUT2D eigenvalue weighted by Crippen LogP contribution is 2.22. The number of ether oxygens (including phenoxy) is 1. The molecular formula is C19H17ClN2O2S. The van der Waals surface area contributed by atoms with E-state index in [1.807, 2.05) is 55.5 Å².